The van der Waals surface area contributed by atoms with Crippen LogP contribution in [0.3, 0.4) is 0 Å². The van der Waals surface area contributed by atoms with Crippen LogP contribution in [0.5, 0.6) is 0 Å². The zero-order valence-corrected chi connectivity index (χ0v) is 12.6. The van der Waals surface area contributed by atoms with Crippen molar-refractivity contribution in [3.8, 4) is 0 Å². The highest BCUT2D eigenvalue weighted by atomic mass is 16.2. The Kier molecular flexibility index (Phi) is 3.94. The molecule has 2 fully saturated rings. The number of nitrogens with one attached hydrogen (secondary N) is 1. The lowest BCUT2D eigenvalue weighted by molar-refractivity contribution is -0.918. The van der Waals surface area contributed by atoms with Crippen molar-refractivity contribution in [3.05, 3.63) is 35.9 Å². The largest absolute Gasteiger partial charge is 0.327 e. The van der Waals surface area contributed by atoms with E-state index < -0.39 is 0 Å². The molecule has 116 valence electrons. The van der Waals surface area contributed by atoms with Crippen molar-refractivity contribution in [2.45, 2.75) is 12.5 Å². The Balaban J connectivity index is 1.60. The van der Waals surface area contributed by atoms with Gasteiger partial charge < -0.3 is 9.80 Å². The fourth-order valence-electron chi connectivity index (χ4n) is 3.18. The second-order valence-electron chi connectivity index (χ2n) is 5.86. The van der Waals surface area contributed by atoms with Gasteiger partial charge in [0.2, 0.25) is 5.91 Å². The summed E-state index contributed by atoms with van der Waals surface area (Å²) in [6.45, 7) is 2.64. The Morgan fingerprint density at radius 3 is 2.32 bits per heavy atom. The molecule has 0 aliphatic carbocycles. The Morgan fingerprint density at radius 1 is 1.14 bits per heavy atom. The molecule has 2 aliphatic rings. The van der Waals surface area contributed by atoms with Crippen molar-refractivity contribution in [1.82, 2.24) is 9.80 Å². The minimum absolute atomic E-state index is 0.0330. The Morgan fingerprint density at radius 2 is 1.77 bits per heavy atom. The quantitative estimate of drug-likeness (QED) is 0.697. The average molecular weight is 302 g/mol. The van der Waals surface area contributed by atoms with Gasteiger partial charge in [-0.05, 0) is 12.1 Å². The predicted molar refractivity (Wildman–Crippen MR) is 79.2 cm³/mol. The molecule has 0 radical (unpaired) electrons. The highest BCUT2D eigenvalue weighted by Crippen LogP contribution is 2.09. The molecule has 1 atom stereocenters. The van der Waals surface area contributed by atoms with Crippen LogP contribution in [0.25, 0.3) is 0 Å². The molecule has 3 rings (SSSR count). The maximum atomic E-state index is 12.4. The number of carbonyl (C=O) groups is 3. The molecule has 2 aliphatic heterocycles. The smallest absolute Gasteiger partial charge is 0.287 e. The van der Waals surface area contributed by atoms with Crippen molar-refractivity contribution in [1.29, 1.82) is 0 Å². The van der Waals surface area contributed by atoms with E-state index in [0.717, 1.165) is 4.90 Å². The lowest BCUT2D eigenvalue weighted by Gasteiger charge is -2.34. The summed E-state index contributed by atoms with van der Waals surface area (Å²) in [6.07, 6.45) is 0.289. The number of rotatable bonds is 2. The topological polar surface area (TPSA) is 62.1 Å². The van der Waals surface area contributed by atoms with E-state index in [1.54, 1.807) is 7.05 Å². The van der Waals surface area contributed by atoms with Crippen LogP contribution in [-0.4, -0.2) is 66.8 Å². The van der Waals surface area contributed by atoms with Gasteiger partial charge in [-0.25, -0.2) is 0 Å². The molecule has 1 aromatic rings. The zero-order valence-electron chi connectivity index (χ0n) is 12.6. The molecule has 6 nitrogen and oxygen atoms in total. The minimum atomic E-state index is -0.272. The van der Waals surface area contributed by atoms with Gasteiger partial charge in [0.05, 0.1) is 32.6 Å². The molecule has 2 saturated heterocycles. The van der Waals surface area contributed by atoms with Gasteiger partial charge in [-0.15, -0.1) is 0 Å². The predicted octanol–water partition coefficient (Wildman–Crippen LogP) is -1.22. The molecule has 1 N–H and O–H groups in total. The van der Waals surface area contributed by atoms with Crippen LogP contribution < -0.4 is 4.90 Å². The summed E-state index contributed by atoms with van der Waals surface area (Å²) in [6, 6.07) is 8.95. The summed E-state index contributed by atoms with van der Waals surface area (Å²) in [5.74, 6) is -0.168. The van der Waals surface area contributed by atoms with E-state index in [2.05, 4.69) is 0 Å². The fraction of sp³-hybridized carbons (Fsp3) is 0.438. The molecule has 0 bridgehead atoms. The Bertz CT molecular complexity index is 594. The molecule has 2 heterocycles. The van der Waals surface area contributed by atoms with Crippen LogP contribution in [0.15, 0.2) is 30.3 Å². The average Bonchev–Trinajstić information content (AvgIpc) is 2.83. The third kappa shape index (κ3) is 2.62. The van der Waals surface area contributed by atoms with Crippen molar-refractivity contribution in [2.75, 3.05) is 33.2 Å². The summed E-state index contributed by atoms with van der Waals surface area (Å²) in [5.41, 5.74) is 0.692. The summed E-state index contributed by atoms with van der Waals surface area (Å²) in [4.78, 5) is 40.2. The highest BCUT2D eigenvalue weighted by Gasteiger charge is 2.44. The van der Waals surface area contributed by atoms with Crippen LogP contribution in [-0.2, 0) is 9.59 Å². The van der Waals surface area contributed by atoms with Crippen molar-refractivity contribution < 1.29 is 19.3 Å². The lowest BCUT2D eigenvalue weighted by Crippen LogP contribution is -3.19. The monoisotopic (exact) mass is 302 g/mol. The molecule has 0 unspecified atom stereocenters. The first kappa shape index (κ1) is 14.7. The van der Waals surface area contributed by atoms with Crippen LogP contribution in [0.2, 0.25) is 0 Å². The van der Waals surface area contributed by atoms with Crippen LogP contribution in [0, 0.1) is 0 Å². The second-order valence-corrected chi connectivity index (χ2v) is 5.86. The first-order valence-corrected chi connectivity index (χ1v) is 7.57. The fourth-order valence-corrected chi connectivity index (χ4v) is 3.18. The minimum Gasteiger partial charge on any atom is -0.327 e. The summed E-state index contributed by atoms with van der Waals surface area (Å²) in [5, 5.41) is 0. The van der Waals surface area contributed by atoms with E-state index in [1.165, 1.54) is 4.90 Å². The number of carbonyl (C=O) groups excluding carboxylic acids is 3. The summed E-state index contributed by atoms with van der Waals surface area (Å²) < 4.78 is 0. The first-order valence-electron chi connectivity index (χ1n) is 7.57. The van der Waals surface area contributed by atoms with Gasteiger partial charge in [-0.1, -0.05) is 18.2 Å². The number of hydrogen-bond acceptors (Lipinski definition) is 3. The van der Waals surface area contributed by atoms with Crippen LogP contribution in [0.4, 0.5) is 0 Å². The van der Waals surface area contributed by atoms with Gasteiger partial charge >= 0.3 is 0 Å². The number of likely N-dealkylation sites (N-methyl/N-ethyl adjacent to an activating group) is 1. The SMILES string of the molecule is CN1C(=O)C[C@H]([NH+]2CCN(C(=O)c3ccccc3)CC2)C1=O. The van der Waals surface area contributed by atoms with E-state index >= 15 is 0 Å². The summed E-state index contributed by atoms with van der Waals surface area (Å²) in [7, 11) is 1.54. The maximum Gasteiger partial charge on any atom is 0.287 e. The maximum absolute atomic E-state index is 12.4. The molecule has 0 spiro atoms. The number of amides is 3. The van der Waals surface area contributed by atoms with E-state index in [9.17, 15) is 14.4 Å². The molecule has 0 aromatic heterocycles. The number of benzene rings is 1. The molecule has 3 amide bonds. The van der Waals surface area contributed by atoms with Gasteiger partial charge in [0, 0.05) is 12.6 Å². The van der Waals surface area contributed by atoms with Gasteiger partial charge in [-0.3, -0.25) is 19.3 Å². The third-order valence-electron chi connectivity index (χ3n) is 4.59. The van der Waals surface area contributed by atoms with Crippen molar-refractivity contribution in [2.24, 2.45) is 0 Å². The lowest BCUT2D eigenvalue weighted by atomic mass is 10.1. The molecule has 1 aromatic carbocycles. The molecular weight excluding hydrogens is 282 g/mol. The Labute approximate surface area is 129 Å². The highest BCUT2D eigenvalue weighted by molar-refractivity contribution is 6.04. The zero-order chi connectivity index (χ0) is 15.7. The summed E-state index contributed by atoms with van der Waals surface area (Å²) >= 11 is 0. The number of piperazine rings is 1. The van der Waals surface area contributed by atoms with E-state index in [-0.39, 0.29) is 30.2 Å². The van der Waals surface area contributed by atoms with Crippen molar-refractivity contribution >= 4 is 17.7 Å². The number of imide groups is 1. The van der Waals surface area contributed by atoms with Crippen LogP contribution >= 0.6 is 0 Å². The van der Waals surface area contributed by atoms with E-state index in [0.29, 0.717) is 31.7 Å². The van der Waals surface area contributed by atoms with Gasteiger partial charge in [0.1, 0.15) is 0 Å². The van der Waals surface area contributed by atoms with E-state index in [1.807, 2.05) is 35.2 Å². The van der Waals surface area contributed by atoms with Gasteiger partial charge in [0.15, 0.2) is 6.04 Å². The second kappa shape index (κ2) is 5.88. The molecule has 0 saturated carbocycles. The van der Waals surface area contributed by atoms with Gasteiger partial charge in [-0.2, -0.15) is 0 Å². The standard InChI is InChI=1S/C16H19N3O3/c1-17-14(20)11-13(16(17)22)18-7-9-19(10-8-18)15(21)12-5-3-2-4-6-12/h2-6,13H,7-11H2,1H3/p+1/t13-/m0/s1. The number of quaternary nitrogens is 1. The third-order valence-corrected chi connectivity index (χ3v) is 4.59. The molecule has 6 heteroatoms. The number of likely N-dealkylation sites (tertiary alicyclic amines) is 1. The first-order chi connectivity index (χ1) is 10.6. The van der Waals surface area contributed by atoms with E-state index in [4.69, 9.17) is 0 Å². The molecular formula is C16H20N3O3+. The van der Waals surface area contributed by atoms with Crippen LogP contribution in [0.1, 0.15) is 16.8 Å². The number of hydrogen-bond donors (Lipinski definition) is 1. The normalized spacial score (nSPS) is 23.2. The molecule has 22 heavy (non-hydrogen) atoms. The van der Waals surface area contributed by atoms with Gasteiger partial charge in [0.25, 0.3) is 11.8 Å². The van der Waals surface area contributed by atoms with Crippen molar-refractivity contribution in [3.63, 3.8) is 0 Å². The Hall–Kier alpha value is -2.21. The number of nitrogens with zero attached hydrogens (tertiary/aromatic N) is 2.